The minimum atomic E-state index is 0.0763. The van der Waals surface area contributed by atoms with Gasteiger partial charge in [0.25, 0.3) is 0 Å². The predicted octanol–water partition coefficient (Wildman–Crippen LogP) is 4.86. The van der Waals surface area contributed by atoms with Gasteiger partial charge in [0.15, 0.2) is 5.78 Å². The molecule has 0 heterocycles. The lowest BCUT2D eigenvalue weighted by atomic mass is 9.80. The summed E-state index contributed by atoms with van der Waals surface area (Å²) in [6, 6.07) is 5.56. The van der Waals surface area contributed by atoms with E-state index < -0.39 is 0 Å². The first-order valence-electron chi connectivity index (χ1n) is 6.94. The number of carbonyl (C=O) groups excluding carboxylic acids is 1. The Balaban J connectivity index is 2.05. The van der Waals surface area contributed by atoms with Crippen molar-refractivity contribution in [3.05, 3.63) is 28.2 Å². The lowest BCUT2D eigenvalue weighted by molar-refractivity contribution is 0.0996. The molecule has 2 nitrogen and oxygen atoms in total. The summed E-state index contributed by atoms with van der Waals surface area (Å²) in [5.41, 5.74) is 0.713. The molecule has 0 aliphatic heterocycles. The second-order valence-corrected chi connectivity index (χ2v) is 6.56. The fourth-order valence-electron chi connectivity index (χ4n) is 2.60. The molecule has 0 spiro atoms. The van der Waals surface area contributed by atoms with E-state index in [0.29, 0.717) is 17.6 Å². The molecule has 104 valence electrons. The Morgan fingerprint density at radius 2 is 2.00 bits per heavy atom. The van der Waals surface area contributed by atoms with Crippen molar-refractivity contribution in [2.24, 2.45) is 11.8 Å². The highest BCUT2D eigenvalue weighted by atomic mass is 79.9. The fraction of sp³-hybridized carbons (Fsp3) is 0.562. The van der Waals surface area contributed by atoms with Gasteiger partial charge in [-0.15, -0.1) is 0 Å². The van der Waals surface area contributed by atoms with Crippen molar-refractivity contribution in [3.63, 3.8) is 0 Å². The van der Waals surface area contributed by atoms with Crippen molar-refractivity contribution in [2.75, 3.05) is 0 Å². The van der Waals surface area contributed by atoms with Crippen molar-refractivity contribution in [1.29, 1.82) is 0 Å². The zero-order valence-corrected chi connectivity index (χ0v) is 13.4. The quantitative estimate of drug-likeness (QED) is 0.742. The average Bonchev–Trinajstić information content (AvgIpc) is 2.36. The van der Waals surface area contributed by atoms with Gasteiger partial charge in [0.05, 0.1) is 10.6 Å². The molecule has 0 radical (unpaired) electrons. The zero-order valence-electron chi connectivity index (χ0n) is 11.8. The minimum absolute atomic E-state index is 0.0763. The molecule has 2 rings (SSSR count). The Morgan fingerprint density at radius 1 is 1.26 bits per heavy atom. The van der Waals surface area contributed by atoms with E-state index in [1.54, 1.807) is 6.92 Å². The number of hydrogen-bond acceptors (Lipinski definition) is 2. The second kappa shape index (κ2) is 6.08. The number of ether oxygens (including phenoxy) is 1. The predicted molar refractivity (Wildman–Crippen MR) is 80.7 cm³/mol. The molecular weight excluding hydrogens is 304 g/mol. The highest BCUT2D eigenvalue weighted by Gasteiger charge is 2.26. The molecule has 0 aromatic heterocycles. The molecule has 0 N–H and O–H groups in total. The number of rotatable bonds is 3. The number of ketones is 1. The molecule has 1 saturated carbocycles. The van der Waals surface area contributed by atoms with Crippen LogP contribution < -0.4 is 4.74 Å². The monoisotopic (exact) mass is 324 g/mol. The third kappa shape index (κ3) is 3.59. The Morgan fingerprint density at radius 3 is 2.58 bits per heavy atom. The van der Waals surface area contributed by atoms with Crippen LogP contribution in [0.4, 0.5) is 0 Å². The van der Waals surface area contributed by atoms with Crippen LogP contribution >= 0.6 is 15.9 Å². The SMILES string of the molecule is CC(=O)c1ccc(OC2CCC(C)C(C)C2)c(Br)c1. The van der Waals surface area contributed by atoms with E-state index in [-0.39, 0.29) is 5.78 Å². The lowest BCUT2D eigenvalue weighted by Crippen LogP contribution is -2.28. The summed E-state index contributed by atoms with van der Waals surface area (Å²) in [4.78, 5) is 11.3. The van der Waals surface area contributed by atoms with Gasteiger partial charge in [-0.2, -0.15) is 0 Å². The summed E-state index contributed by atoms with van der Waals surface area (Å²) >= 11 is 3.49. The maximum absolute atomic E-state index is 11.3. The van der Waals surface area contributed by atoms with Gasteiger partial charge in [-0.3, -0.25) is 4.79 Å². The van der Waals surface area contributed by atoms with E-state index in [9.17, 15) is 4.79 Å². The van der Waals surface area contributed by atoms with Crippen molar-refractivity contribution in [1.82, 2.24) is 0 Å². The number of benzene rings is 1. The molecule has 0 bridgehead atoms. The molecule has 1 aromatic carbocycles. The van der Waals surface area contributed by atoms with Crippen LogP contribution in [0.1, 0.15) is 50.4 Å². The molecular formula is C16H21BrO2. The molecule has 3 heteroatoms. The van der Waals surface area contributed by atoms with Gasteiger partial charge in [0.2, 0.25) is 0 Å². The molecule has 0 amide bonds. The normalized spacial score (nSPS) is 27.1. The van der Waals surface area contributed by atoms with Gasteiger partial charge in [-0.05, 0) is 72.2 Å². The number of Topliss-reactive ketones (excluding diaryl/α,β-unsaturated/α-hetero) is 1. The molecule has 1 aromatic rings. The highest BCUT2D eigenvalue weighted by molar-refractivity contribution is 9.10. The van der Waals surface area contributed by atoms with Crippen molar-refractivity contribution >= 4 is 21.7 Å². The highest BCUT2D eigenvalue weighted by Crippen LogP contribution is 2.34. The van der Waals surface area contributed by atoms with Gasteiger partial charge in [0, 0.05) is 5.56 Å². The largest absolute Gasteiger partial charge is 0.489 e. The zero-order chi connectivity index (χ0) is 14.0. The maximum atomic E-state index is 11.3. The third-order valence-corrected chi connectivity index (χ3v) is 4.80. The topological polar surface area (TPSA) is 26.3 Å². The summed E-state index contributed by atoms with van der Waals surface area (Å²) < 4.78 is 6.95. The second-order valence-electron chi connectivity index (χ2n) is 5.71. The van der Waals surface area contributed by atoms with Gasteiger partial charge >= 0.3 is 0 Å². The number of hydrogen-bond donors (Lipinski definition) is 0. The molecule has 3 unspecified atom stereocenters. The summed E-state index contributed by atoms with van der Waals surface area (Å²) in [6.45, 7) is 6.19. The van der Waals surface area contributed by atoms with E-state index in [4.69, 9.17) is 4.74 Å². The number of halogens is 1. The van der Waals surface area contributed by atoms with Crippen LogP contribution in [0.15, 0.2) is 22.7 Å². The minimum Gasteiger partial charge on any atom is -0.489 e. The molecule has 1 aliphatic rings. The van der Waals surface area contributed by atoms with E-state index in [0.717, 1.165) is 29.0 Å². The van der Waals surface area contributed by atoms with Crippen molar-refractivity contribution in [3.8, 4) is 5.75 Å². The Bertz CT molecular complexity index is 470. The standard InChI is InChI=1S/C16H21BrO2/c1-10-4-6-14(8-11(10)2)19-16-7-5-13(12(3)18)9-15(16)17/h5,7,9-11,14H,4,6,8H2,1-3H3. The number of carbonyl (C=O) groups is 1. The first-order chi connectivity index (χ1) is 8.97. The van der Waals surface area contributed by atoms with Gasteiger partial charge in [0.1, 0.15) is 5.75 Å². The van der Waals surface area contributed by atoms with E-state index >= 15 is 0 Å². The molecule has 0 saturated heterocycles. The van der Waals surface area contributed by atoms with Gasteiger partial charge in [-0.25, -0.2) is 0 Å². The Kier molecular flexibility index (Phi) is 4.67. The van der Waals surface area contributed by atoms with Gasteiger partial charge in [-0.1, -0.05) is 13.8 Å². The lowest BCUT2D eigenvalue weighted by Gasteiger charge is -2.32. The molecule has 1 aliphatic carbocycles. The molecule has 19 heavy (non-hydrogen) atoms. The molecule has 1 fully saturated rings. The average molecular weight is 325 g/mol. The first kappa shape index (κ1) is 14.6. The van der Waals surface area contributed by atoms with Crippen LogP contribution in [0.2, 0.25) is 0 Å². The Labute approximate surface area is 123 Å². The smallest absolute Gasteiger partial charge is 0.159 e. The van der Waals surface area contributed by atoms with E-state index in [1.807, 2.05) is 18.2 Å². The van der Waals surface area contributed by atoms with Crippen LogP contribution in [0.3, 0.4) is 0 Å². The Hall–Kier alpha value is -0.830. The van der Waals surface area contributed by atoms with Crippen molar-refractivity contribution < 1.29 is 9.53 Å². The van der Waals surface area contributed by atoms with Crippen LogP contribution in [0.5, 0.6) is 5.75 Å². The van der Waals surface area contributed by atoms with Crippen LogP contribution in [0, 0.1) is 11.8 Å². The van der Waals surface area contributed by atoms with Gasteiger partial charge < -0.3 is 4.74 Å². The maximum Gasteiger partial charge on any atom is 0.159 e. The third-order valence-electron chi connectivity index (χ3n) is 4.18. The van der Waals surface area contributed by atoms with E-state index in [1.165, 1.54) is 6.42 Å². The molecule has 3 atom stereocenters. The van der Waals surface area contributed by atoms with Crippen LogP contribution in [0.25, 0.3) is 0 Å². The van der Waals surface area contributed by atoms with Crippen LogP contribution in [-0.4, -0.2) is 11.9 Å². The summed E-state index contributed by atoms with van der Waals surface area (Å²) in [6.07, 6.45) is 3.76. The van der Waals surface area contributed by atoms with Crippen LogP contribution in [-0.2, 0) is 0 Å². The summed E-state index contributed by atoms with van der Waals surface area (Å²) in [5.74, 6) is 2.43. The first-order valence-corrected chi connectivity index (χ1v) is 7.73. The van der Waals surface area contributed by atoms with Crippen molar-refractivity contribution in [2.45, 2.75) is 46.1 Å². The summed E-state index contributed by atoms with van der Waals surface area (Å²) in [7, 11) is 0. The summed E-state index contributed by atoms with van der Waals surface area (Å²) in [5, 5.41) is 0. The fourth-order valence-corrected chi connectivity index (χ4v) is 3.07. The van der Waals surface area contributed by atoms with E-state index in [2.05, 4.69) is 29.8 Å².